The number of aliphatic imine (C=N–C) groups is 1. The minimum atomic E-state index is 0.720. The van der Waals surface area contributed by atoms with Crippen LogP contribution in [0.4, 0.5) is 0 Å². The molecule has 2 N–H and O–H groups in total. The molecule has 0 atom stereocenters. The Morgan fingerprint density at radius 2 is 2.00 bits per heavy atom. The van der Waals surface area contributed by atoms with Gasteiger partial charge in [0.05, 0.1) is 23.6 Å². The van der Waals surface area contributed by atoms with Gasteiger partial charge in [-0.1, -0.05) is 24.3 Å². The lowest BCUT2D eigenvalue weighted by molar-refractivity contribution is 0.787. The number of nitrogens with zero attached hydrogens (tertiary/aromatic N) is 4. The van der Waals surface area contributed by atoms with E-state index in [2.05, 4.69) is 54.4 Å². The second-order valence-electron chi connectivity index (χ2n) is 6.08. The number of aryl methyl sites for hydroxylation is 2. The Morgan fingerprint density at radius 3 is 2.69 bits per heavy atom. The zero-order chi connectivity index (χ0) is 18.4. The summed E-state index contributed by atoms with van der Waals surface area (Å²) in [6.07, 6.45) is 5.60. The van der Waals surface area contributed by atoms with Crippen molar-refractivity contribution in [3.05, 3.63) is 69.7 Å². The van der Waals surface area contributed by atoms with Gasteiger partial charge < -0.3 is 15.2 Å². The number of thiazole rings is 1. The Labute approximate surface area is 158 Å². The van der Waals surface area contributed by atoms with Crippen molar-refractivity contribution in [1.29, 1.82) is 0 Å². The lowest BCUT2D eigenvalue weighted by atomic mass is 10.1. The summed E-state index contributed by atoms with van der Waals surface area (Å²) in [5.41, 5.74) is 3.55. The molecule has 0 fully saturated rings. The van der Waals surface area contributed by atoms with Crippen molar-refractivity contribution >= 4 is 17.3 Å². The number of hydrogen-bond donors (Lipinski definition) is 2. The van der Waals surface area contributed by atoms with Crippen LogP contribution in [-0.2, 0) is 19.6 Å². The van der Waals surface area contributed by atoms with Crippen LogP contribution in [0.15, 0.2) is 48.0 Å². The number of imidazole rings is 1. The summed E-state index contributed by atoms with van der Waals surface area (Å²) in [4.78, 5) is 14.1. The van der Waals surface area contributed by atoms with Gasteiger partial charge in [0.25, 0.3) is 0 Å². The van der Waals surface area contributed by atoms with Crippen LogP contribution in [0.3, 0.4) is 0 Å². The maximum Gasteiger partial charge on any atom is 0.191 e. The first kappa shape index (κ1) is 18.1. The third-order valence-corrected chi connectivity index (χ3v) is 5.09. The summed E-state index contributed by atoms with van der Waals surface area (Å²) < 4.78 is 2.06. The highest BCUT2D eigenvalue weighted by molar-refractivity contribution is 7.11. The van der Waals surface area contributed by atoms with Crippen LogP contribution in [-0.4, -0.2) is 27.5 Å². The molecular weight excluding hydrogens is 344 g/mol. The lowest BCUT2D eigenvalue weighted by Gasteiger charge is -2.12. The van der Waals surface area contributed by atoms with Crippen LogP contribution in [0.1, 0.15) is 26.7 Å². The van der Waals surface area contributed by atoms with Crippen LogP contribution in [0.5, 0.6) is 0 Å². The van der Waals surface area contributed by atoms with Crippen molar-refractivity contribution < 1.29 is 0 Å². The molecule has 2 heterocycles. The van der Waals surface area contributed by atoms with Gasteiger partial charge in [-0.25, -0.2) is 9.97 Å². The molecule has 0 aliphatic carbocycles. The van der Waals surface area contributed by atoms with Crippen molar-refractivity contribution in [2.45, 2.75) is 33.5 Å². The minimum Gasteiger partial charge on any atom is -0.352 e. The van der Waals surface area contributed by atoms with Crippen LogP contribution in [0, 0.1) is 13.8 Å². The summed E-state index contributed by atoms with van der Waals surface area (Å²) in [6.45, 7) is 6.36. The van der Waals surface area contributed by atoms with E-state index in [1.54, 1.807) is 24.6 Å². The molecule has 7 heteroatoms. The fraction of sp³-hybridized carbons (Fsp3) is 0.316. The van der Waals surface area contributed by atoms with Crippen molar-refractivity contribution in [3.8, 4) is 0 Å². The fourth-order valence-corrected chi connectivity index (χ4v) is 3.61. The molecular formula is C19H24N6S. The topological polar surface area (TPSA) is 67.1 Å². The number of aromatic nitrogens is 3. The second kappa shape index (κ2) is 8.62. The van der Waals surface area contributed by atoms with Gasteiger partial charge in [0.15, 0.2) is 5.96 Å². The van der Waals surface area contributed by atoms with Gasteiger partial charge in [0.1, 0.15) is 0 Å². The molecule has 26 heavy (non-hydrogen) atoms. The molecule has 0 unspecified atom stereocenters. The molecule has 0 aliphatic heterocycles. The molecule has 3 aromatic rings. The quantitative estimate of drug-likeness (QED) is 0.519. The van der Waals surface area contributed by atoms with Gasteiger partial charge in [-0.3, -0.25) is 4.99 Å². The molecule has 0 saturated heterocycles. The zero-order valence-electron chi connectivity index (χ0n) is 15.4. The highest BCUT2D eigenvalue weighted by atomic mass is 32.1. The first-order valence-corrected chi connectivity index (χ1v) is 9.36. The molecule has 0 spiro atoms. The first-order valence-electron chi connectivity index (χ1n) is 8.55. The summed E-state index contributed by atoms with van der Waals surface area (Å²) >= 11 is 1.72. The summed E-state index contributed by atoms with van der Waals surface area (Å²) in [7, 11) is 1.79. The van der Waals surface area contributed by atoms with Crippen molar-refractivity contribution in [1.82, 2.24) is 25.2 Å². The third kappa shape index (κ3) is 4.92. The Morgan fingerprint density at radius 1 is 1.19 bits per heavy atom. The van der Waals surface area contributed by atoms with E-state index in [0.29, 0.717) is 0 Å². The van der Waals surface area contributed by atoms with Crippen LogP contribution >= 0.6 is 11.3 Å². The maximum atomic E-state index is 4.46. The van der Waals surface area contributed by atoms with Crippen molar-refractivity contribution in [2.24, 2.45) is 4.99 Å². The summed E-state index contributed by atoms with van der Waals surface area (Å²) in [5.74, 6) is 0.787. The van der Waals surface area contributed by atoms with Gasteiger partial charge in [-0.15, -0.1) is 11.3 Å². The van der Waals surface area contributed by atoms with E-state index in [1.807, 2.05) is 26.4 Å². The molecule has 1 aromatic carbocycles. The highest BCUT2D eigenvalue weighted by Crippen LogP contribution is 2.16. The third-order valence-electron chi connectivity index (χ3n) is 4.02. The smallest absolute Gasteiger partial charge is 0.191 e. The van der Waals surface area contributed by atoms with E-state index in [-0.39, 0.29) is 0 Å². The largest absolute Gasteiger partial charge is 0.352 e. The molecule has 0 amide bonds. The van der Waals surface area contributed by atoms with Gasteiger partial charge >= 0.3 is 0 Å². The van der Waals surface area contributed by atoms with E-state index in [4.69, 9.17) is 0 Å². The maximum absolute atomic E-state index is 4.46. The molecule has 0 aliphatic rings. The molecule has 6 nitrogen and oxygen atoms in total. The average Bonchev–Trinajstić information content (AvgIpc) is 3.25. The summed E-state index contributed by atoms with van der Waals surface area (Å²) in [6, 6.07) is 8.54. The van der Waals surface area contributed by atoms with E-state index in [0.717, 1.165) is 36.3 Å². The van der Waals surface area contributed by atoms with Crippen LogP contribution in [0.25, 0.3) is 0 Å². The molecule has 3 rings (SSSR count). The molecule has 2 aromatic heterocycles. The minimum absolute atomic E-state index is 0.720. The second-order valence-corrected chi connectivity index (χ2v) is 7.36. The van der Waals surface area contributed by atoms with Crippen molar-refractivity contribution in [3.63, 3.8) is 0 Å². The van der Waals surface area contributed by atoms with E-state index in [9.17, 15) is 0 Å². The van der Waals surface area contributed by atoms with Gasteiger partial charge in [0.2, 0.25) is 0 Å². The number of hydrogen-bond acceptors (Lipinski definition) is 4. The van der Waals surface area contributed by atoms with E-state index in [1.165, 1.54) is 16.0 Å². The Balaban J connectivity index is 1.54. The SMILES string of the molecule is CN=C(NCc1cccc(Cn2ccnc2)c1)NCc1sc(C)nc1C. The van der Waals surface area contributed by atoms with Crippen LogP contribution in [0.2, 0.25) is 0 Å². The molecule has 0 saturated carbocycles. The monoisotopic (exact) mass is 368 g/mol. The van der Waals surface area contributed by atoms with Crippen LogP contribution < -0.4 is 10.6 Å². The normalized spacial score (nSPS) is 11.6. The van der Waals surface area contributed by atoms with Gasteiger partial charge in [-0.2, -0.15) is 0 Å². The Bertz CT molecular complexity index is 866. The molecule has 0 bridgehead atoms. The average molecular weight is 369 g/mol. The van der Waals surface area contributed by atoms with E-state index < -0.39 is 0 Å². The highest BCUT2D eigenvalue weighted by Gasteiger charge is 2.06. The number of guanidine groups is 1. The predicted octanol–water partition coefficient (Wildman–Crippen LogP) is 2.87. The van der Waals surface area contributed by atoms with Gasteiger partial charge in [0, 0.05) is 37.4 Å². The first-order chi connectivity index (χ1) is 12.6. The Kier molecular flexibility index (Phi) is 6.01. The number of benzene rings is 1. The lowest BCUT2D eigenvalue weighted by Crippen LogP contribution is -2.36. The fourth-order valence-electron chi connectivity index (χ4n) is 2.74. The molecule has 136 valence electrons. The van der Waals surface area contributed by atoms with E-state index >= 15 is 0 Å². The summed E-state index contributed by atoms with van der Waals surface area (Å²) in [5, 5.41) is 7.82. The van der Waals surface area contributed by atoms with Crippen molar-refractivity contribution in [2.75, 3.05) is 7.05 Å². The number of rotatable bonds is 6. The predicted molar refractivity (Wildman–Crippen MR) is 106 cm³/mol. The van der Waals surface area contributed by atoms with Gasteiger partial charge in [-0.05, 0) is 25.0 Å². The standard InChI is InChI=1S/C19H24N6S/c1-14-18(26-15(2)24-14)11-23-19(20-3)22-10-16-5-4-6-17(9-16)12-25-8-7-21-13-25/h4-9,13H,10-12H2,1-3H3,(H2,20,22,23). The Hall–Kier alpha value is -2.67. The molecule has 0 radical (unpaired) electrons. The number of nitrogens with one attached hydrogen (secondary N) is 2. The zero-order valence-corrected chi connectivity index (χ0v) is 16.2.